The second kappa shape index (κ2) is 5.51. The van der Waals surface area contributed by atoms with Gasteiger partial charge in [-0.25, -0.2) is 0 Å². The summed E-state index contributed by atoms with van der Waals surface area (Å²) in [7, 11) is 0. The number of rotatable bonds is 3. The summed E-state index contributed by atoms with van der Waals surface area (Å²) in [5, 5.41) is 2.40. The van der Waals surface area contributed by atoms with Crippen LogP contribution in [0.15, 0.2) is 40.9 Å². The Balaban J connectivity index is 1.76. The second-order valence-electron chi connectivity index (χ2n) is 5.06. The molecule has 2 atom stereocenters. The zero-order chi connectivity index (χ0) is 13.2. The molecule has 1 saturated heterocycles. The molecule has 19 heavy (non-hydrogen) atoms. The topological polar surface area (TPSA) is 18.5 Å². The summed E-state index contributed by atoms with van der Waals surface area (Å²) in [5.74, 6) is 0.891. The minimum Gasteiger partial charge on any atom is -0.490 e. The summed E-state index contributed by atoms with van der Waals surface area (Å²) in [4.78, 5) is 0. The Morgan fingerprint density at radius 2 is 2.05 bits per heavy atom. The van der Waals surface area contributed by atoms with E-state index in [2.05, 4.69) is 41.1 Å². The van der Waals surface area contributed by atoms with E-state index in [4.69, 9.17) is 9.47 Å². The summed E-state index contributed by atoms with van der Waals surface area (Å²) in [6.07, 6.45) is 2.82. The van der Waals surface area contributed by atoms with Gasteiger partial charge in [-0.3, -0.25) is 0 Å². The van der Waals surface area contributed by atoms with Crippen molar-refractivity contribution in [3.63, 3.8) is 0 Å². The predicted octanol–water partition coefficient (Wildman–Crippen LogP) is 4.55. The summed E-state index contributed by atoms with van der Waals surface area (Å²) < 4.78 is 12.7. The highest BCUT2D eigenvalue weighted by Crippen LogP contribution is 2.33. The zero-order valence-corrected chi connectivity index (χ0v) is 12.5. The molecule has 2 nitrogen and oxygen atoms in total. The number of hydrogen-bond acceptors (Lipinski definition) is 2. The normalized spacial score (nSPS) is 22.8. The van der Waals surface area contributed by atoms with Gasteiger partial charge in [0.2, 0.25) is 0 Å². The first-order valence-corrected chi connectivity index (χ1v) is 7.49. The quantitative estimate of drug-likeness (QED) is 0.826. The molecule has 1 heterocycles. The molecule has 0 aliphatic carbocycles. The van der Waals surface area contributed by atoms with Crippen molar-refractivity contribution in [3.05, 3.63) is 40.9 Å². The van der Waals surface area contributed by atoms with Crippen LogP contribution in [0.25, 0.3) is 10.8 Å². The van der Waals surface area contributed by atoms with Crippen LogP contribution in [0, 0.1) is 0 Å². The Labute approximate surface area is 121 Å². The van der Waals surface area contributed by atoms with E-state index >= 15 is 0 Å². The van der Waals surface area contributed by atoms with Gasteiger partial charge >= 0.3 is 0 Å². The molecule has 3 heteroatoms. The van der Waals surface area contributed by atoms with Gasteiger partial charge < -0.3 is 9.47 Å². The molecule has 0 amide bonds. The standard InChI is InChI=1S/C16H17BrO2/c1-11-6-8-13(19-11)10-18-15-9-7-12-4-2-3-5-14(12)16(15)17/h2-5,7,9,11,13H,6,8,10H2,1H3. The minimum atomic E-state index is 0.230. The smallest absolute Gasteiger partial charge is 0.134 e. The van der Waals surface area contributed by atoms with Crippen LogP contribution in [-0.2, 0) is 4.74 Å². The van der Waals surface area contributed by atoms with E-state index in [0.29, 0.717) is 12.7 Å². The minimum absolute atomic E-state index is 0.230. The Hall–Kier alpha value is -1.06. The molecule has 1 aliphatic heterocycles. The molecule has 2 unspecified atom stereocenters. The summed E-state index contributed by atoms with van der Waals surface area (Å²) in [6, 6.07) is 12.4. The van der Waals surface area contributed by atoms with Crippen LogP contribution >= 0.6 is 15.9 Å². The van der Waals surface area contributed by atoms with Crippen LogP contribution < -0.4 is 4.74 Å². The number of halogens is 1. The third kappa shape index (κ3) is 2.77. The highest BCUT2D eigenvalue weighted by Gasteiger charge is 2.22. The number of benzene rings is 2. The highest BCUT2D eigenvalue weighted by molar-refractivity contribution is 9.10. The fraction of sp³-hybridized carbons (Fsp3) is 0.375. The number of hydrogen-bond donors (Lipinski definition) is 0. The van der Waals surface area contributed by atoms with Crippen molar-refractivity contribution in [3.8, 4) is 5.75 Å². The maximum Gasteiger partial charge on any atom is 0.134 e. The summed E-state index contributed by atoms with van der Waals surface area (Å²) in [6.45, 7) is 2.74. The van der Waals surface area contributed by atoms with Crippen molar-refractivity contribution in [2.45, 2.75) is 32.0 Å². The highest BCUT2D eigenvalue weighted by atomic mass is 79.9. The predicted molar refractivity (Wildman–Crippen MR) is 80.7 cm³/mol. The number of ether oxygens (including phenoxy) is 2. The molecule has 0 N–H and O–H groups in total. The van der Waals surface area contributed by atoms with Crippen LogP contribution in [0.1, 0.15) is 19.8 Å². The van der Waals surface area contributed by atoms with E-state index in [0.717, 1.165) is 23.1 Å². The Morgan fingerprint density at radius 3 is 2.84 bits per heavy atom. The monoisotopic (exact) mass is 320 g/mol. The lowest BCUT2D eigenvalue weighted by molar-refractivity contribution is 0.0263. The molecule has 0 saturated carbocycles. The first-order valence-electron chi connectivity index (χ1n) is 6.69. The largest absolute Gasteiger partial charge is 0.490 e. The molecule has 0 aromatic heterocycles. The number of fused-ring (bicyclic) bond motifs is 1. The molecular weight excluding hydrogens is 304 g/mol. The lowest BCUT2D eigenvalue weighted by Gasteiger charge is -2.14. The maximum atomic E-state index is 5.91. The molecule has 0 spiro atoms. The van der Waals surface area contributed by atoms with Gasteiger partial charge in [0, 0.05) is 0 Å². The van der Waals surface area contributed by atoms with Crippen molar-refractivity contribution in [2.75, 3.05) is 6.61 Å². The van der Waals surface area contributed by atoms with E-state index in [1.54, 1.807) is 0 Å². The van der Waals surface area contributed by atoms with Crippen LogP contribution in [0.2, 0.25) is 0 Å². The molecule has 3 rings (SSSR count). The van der Waals surface area contributed by atoms with Gasteiger partial charge in [-0.15, -0.1) is 0 Å². The van der Waals surface area contributed by atoms with Gasteiger partial charge in [-0.05, 0) is 52.5 Å². The fourth-order valence-electron chi connectivity index (χ4n) is 2.52. The van der Waals surface area contributed by atoms with E-state index < -0.39 is 0 Å². The molecule has 1 fully saturated rings. The molecular formula is C16H17BrO2. The Kier molecular flexibility index (Phi) is 3.76. The first kappa shape index (κ1) is 12.9. The maximum absolute atomic E-state index is 5.91. The molecule has 2 aromatic carbocycles. The zero-order valence-electron chi connectivity index (χ0n) is 10.9. The lowest BCUT2D eigenvalue weighted by Crippen LogP contribution is -2.18. The SMILES string of the molecule is CC1CCC(COc2ccc3ccccc3c2Br)O1. The van der Waals surface area contributed by atoms with Crippen LogP contribution in [0.5, 0.6) is 5.75 Å². The van der Waals surface area contributed by atoms with E-state index in [9.17, 15) is 0 Å². The van der Waals surface area contributed by atoms with Gasteiger partial charge in [-0.1, -0.05) is 30.3 Å². The van der Waals surface area contributed by atoms with Crippen LogP contribution in [-0.4, -0.2) is 18.8 Å². The molecule has 100 valence electrons. The lowest BCUT2D eigenvalue weighted by atomic mass is 10.1. The van der Waals surface area contributed by atoms with Crippen molar-refractivity contribution in [1.29, 1.82) is 0 Å². The van der Waals surface area contributed by atoms with E-state index in [1.807, 2.05) is 18.2 Å². The average molecular weight is 321 g/mol. The van der Waals surface area contributed by atoms with E-state index in [-0.39, 0.29) is 6.10 Å². The molecule has 2 aromatic rings. The fourth-order valence-corrected chi connectivity index (χ4v) is 3.12. The van der Waals surface area contributed by atoms with Gasteiger partial charge in [0.1, 0.15) is 12.4 Å². The third-order valence-corrected chi connectivity index (χ3v) is 4.39. The van der Waals surface area contributed by atoms with E-state index in [1.165, 1.54) is 10.8 Å². The van der Waals surface area contributed by atoms with Gasteiger partial charge in [0.05, 0.1) is 16.7 Å². The molecule has 0 bridgehead atoms. The molecule has 1 aliphatic rings. The Morgan fingerprint density at radius 1 is 1.21 bits per heavy atom. The van der Waals surface area contributed by atoms with Gasteiger partial charge in [-0.2, -0.15) is 0 Å². The van der Waals surface area contributed by atoms with Crippen molar-refractivity contribution in [2.24, 2.45) is 0 Å². The van der Waals surface area contributed by atoms with Crippen molar-refractivity contribution in [1.82, 2.24) is 0 Å². The third-order valence-electron chi connectivity index (χ3n) is 3.57. The van der Waals surface area contributed by atoms with Crippen LogP contribution in [0.4, 0.5) is 0 Å². The first-order chi connectivity index (χ1) is 9.24. The summed E-state index contributed by atoms with van der Waals surface area (Å²) >= 11 is 3.64. The van der Waals surface area contributed by atoms with Crippen molar-refractivity contribution < 1.29 is 9.47 Å². The second-order valence-corrected chi connectivity index (χ2v) is 5.85. The van der Waals surface area contributed by atoms with Gasteiger partial charge in [0.15, 0.2) is 0 Å². The summed E-state index contributed by atoms with van der Waals surface area (Å²) in [5.41, 5.74) is 0. The Bertz CT molecular complexity index is 582. The molecule has 0 radical (unpaired) electrons. The van der Waals surface area contributed by atoms with Crippen LogP contribution in [0.3, 0.4) is 0 Å². The average Bonchev–Trinajstić information content (AvgIpc) is 2.84. The van der Waals surface area contributed by atoms with Gasteiger partial charge in [0.25, 0.3) is 0 Å². The van der Waals surface area contributed by atoms with Crippen molar-refractivity contribution >= 4 is 26.7 Å².